The van der Waals surface area contributed by atoms with Crippen LogP contribution < -0.4 is 11.5 Å². The first-order valence-corrected chi connectivity index (χ1v) is 7.03. The molecule has 0 aliphatic rings. The summed E-state index contributed by atoms with van der Waals surface area (Å²) in [6.45, 7) is 0.980. The topological polar surface area (TPSA) is 153 Å². The zero-order valence-electron chi connectivity index (χ0n) is 12.6. The van der Waals surface area contributed by atoms with Crippen molar-refractivity contribution in [2.24, 2.45) is 11.5 Å². The first kappa shape index (κ1) is 18.4. The van der Waals surface area contributed by atoms with E-state index in [1.54, 1.807) is 6.07 Å². The van der Waals surface area contributed by atoms with Crippen molar-refractivity contribution in [3.8, 4) is 28.7 Å². The normalized spacial score (nSPS) is 10.0. The highest BCUT2D eigenvalue weighted by molar-refractivity contribution is 5.51. The second kappa shape index (κ2) is 8.72. The fourth-order valence-corrected chi connectivity index (χ4v) is 1.86. The lowest BCUT2D eigenvalue weighted by atomic mass is 10.1. The maximum Gasteiger partial charge on any atom is 0.200 e. The molecule has 0 spiro atoms. The van der Waals surface area contributed by atoms with E-state index in [2.05, 4.69) is 0 Å². The molecule has 0 saturated heterocycles. The van der Waals surface area contributed by atoms with Crippen LogP contribution >= 0.6 is 0 Å². The molecule has 0 unspecified atom stereocenters. The number of benzene rings is 2. The first-order chi connectivity index (χ1) is 10.9. The molecule has 9 N–H and O–H groups in total. The number of hydrogen-bond acceptors (Lipinski definition) is 7. The van der Waals surface area contributed by atoms with E-state index in [1.165, 1.54) is 24.3 Å². The molecule has 126 valence electrons. The molecule has 0 atom stereocenters. The van der Waals surface area contributed by atoms with Gasteiger partial charge in [-0.15, -0.1) is 0 Å². The monoisotopic (exact) mass is 322 g/mol. The van der Waals surface area contributed by atoms with Crippen molar-refractivity contribution in [3.63, 3.8) is 0 Å². The van der Waals surface area contributed by atoms with Crippen molar-refractivity contribution in [1.29, 1.82) is 0 Å². The molecule has 0 fully saturated rings. The van der Waals surface area contributed by atoms with Crippen LogP contribution in [0.4, 0.5) is 0 Å². The summed E-state index contributed by atoms with van der Waals surface area (Å²) in [7, 11) is 0. The van der Waals surface area contributed by atoms with Crippen LogP contribution in [0.25, 0.3) is 0 Å². The van der Waals surface area contributed by atoms with Crippen molar-refractivity contribution >= 4 is 0 Å². The van der Waals surface area contributed by atoms with Crippen molar-refractivity contribution < 1.29 is 25.5 Å². The zero-order chi connectivity index (χ0) is 17.4. The minimum atomic E-state index is -0.490. The van der Waals surface area contributed by atoms with Crippen LogP contribution in [0.15, 0.2) is 30.3 Å². The second-order valence-electron chi connectivity index (χ2n) is 4.88. The minimum Gasteiger partial charge on any atom is -0.504 e. The lowest BCUT2D eigenvalue weighted by Gasteiger charge is -2.03. The van der Waals surface area contributed by atoms with Gasteiger partial charge in [0.25, 0.3) is 0 Å². The highest BCUT2D eigenvalue weighted by Gasteiger charge is 2.06. The summed E-state index contributed by atoms with van der Waals surface area (Å²) in [5, 5.41) is 45.0. The molecule has 23 heavy (non-hydrogen) atoms. The molecule has 0 bridgehead atoms. The lowest BCUT2D eigenvalue weighted by molar-refractivity contribution is 0.367. The van der Waals surface area contributed by atoms with E-state index >= 15 is 0 Å². The summed E-state index contributed by atoms with van der Waals surface area (Å²) in [5.41, 5.74) is 12.2. The van der Waals surface area contributed by atoms with Crippen LogP contribution in [-0.2, 0) is 12.8 Å². The largest absolute Gasteiger partial charge is 0.504 e. The Morgan fingerprint density at radius 2 is 1.09 bits per heavy atom. The fraction of sp³-hybridized carbons (Fsp3) is 0.250. The van der Waals surface area contributed by atoms with Gasteiger partial charge >= 0.3 is 0 Å². The Balaban J connectivity index is 0.000000231. The summed E-state index contributed by atoms with van der Waals surface area (Å²) >= 11 is 0. The van der Waals surface area contributed by atoms with E-state index in [9.17, 15) is 0 Å². The van der Waals surface area contributed by atoms with Gasteiger partial charge in [0.1, 0.15) is 0 Å². The number of rotatable bonds is 4. The fourth-order valence-electron chi connectivity index (χ4n) is 1.86. The third kappa shape index (κ3) is 5.57. The molecule has 0 aliphatic carbocycles. The Kier molecular flexibility index (Phi) is 6.98. The Morgan fingerprint density at radius 1 is 0.609 bits per heavy atom. The molecule has 0 aliphatic heterocycles. The quantitative estimate of drug-likeness (QED) is 0.413. The van der Waals surface area contributed by atoms with Crippen LogP contribution in [0.5, 0.6) is 28.7 Å². The lowest BCUT2D eigenvalue weighted by Crippen LogP contribution is -2.02. The summed E-state index contributed by atoms with van der Waals surface area (Å²) in [4.78, 5) is 0. The van der Waals surface area contributed by atoms with Crippen LogP contribution in [0.3, 0.4) is 0 Å². The number of nitrogens with two attached hydrogens (primary N) is 2. The predicted octanol–water partition coefficient (Wildman–Crippen LogP) is 0.904. The maximum atomic E-state index is 9.06. The third-order valence-electron chi connectivity index (χ3n) is 3.04. The Bertz CT molecular complexity index is 623. The van der Waals surface area contributed by atoms with Gasteiger partial charge in [-0.05, 0) is 61.3 Å². The van der Waals surface area contributed by atoms with Gasteiger partial charge in [0.2, 0.25) is 0 Å². The van der Waals surface area contributed by atoms with E-state index in [-0.39, 0.29) is 23.0 Å². The van der Waals surface area contributed by atoms with E-state index in [1.807, 2.05) is 0 Å². The molecule has 2 aromatic carbocycles. The van der Waals surface area contributed by atoms with Crippen molar-refractivity contribution in [2.75, 3.05) is 13.1 Å². The van der Waals surface area contributed by atoms with E-state index in [0.717, 1.165) is 5.56 Å². The number of aromatic hydroxyl groups is 5. The highest BCUT2D eigenvalue weighted by Crippen LogP contribution is 2.35. The van der Waals surface area contributed by atoms with Gasteiger partial charge in [-0.2, -0.15) is 0 Å². The van der Waals surface area contributed by atoms with Crippen LogP contribution in [0.2, 0.25) is 0 Å². The molecule has 2 rings (SSSR count). The van der Waals surface area contributed by atoms with Crippen LogP contribution in [0.1, 0.15) is 11.1 Å². The summed E-state index contributed by atoms with van der Waals surface area (Å²) in [5.74, 6) is -1.31. The predicted molar refractivity (Wildman–Crippen MR) is 86.7 cm³/mol. The third-order valence-corrected chi connectivity index (χ3v) is 3.04. The first-order valence-electron chi connectivity index (χ1n) is 7.03. The maximum absolute atomic E-state index is 9.06. The van der Waals surface area contributed by atoms with Gasteiger partial charge in [-0.3, -0.25) is 0 Å². The van der Waals surface area contributed by atoms with Crippen LogP contribution in [0, 0.1) is 0 Å². The number of phenolic OH excluding ortho intramolecular Hbond substituents is 5. The average Bonchev–Trinajstić information content (AvgIpc) is 2.50. The molecule has 0 heterocycles. The summed E-state index contributed by atoms with van der Waals surface area (Å²) in [6, 6.07) is 7.47. The zero-order valence-corrected chi connectivity index (χ0v) is 12.6. The molecule has 0 saturated carbocycles. The summed E-state index contributed by atoms with van der Waals surface area (Å²) in [6.07, 6.45) is 1.27. The SMILES string of the molecule is NCCc1cc(O)c(O)c(O)c1.NCCc1ccc(O)c(O)c1. The molecule has 0 amide bonds. The molecule has 0 radical (unpaired) electrons. The van der Waals surface area contributed by atoms with Crippen molar-refractivity contribution in [1.82, 2.24) is 0 Å². The van der Waals surface area contributed by atoms with Crippen LogP contribution in [-0.4, -0.2) is 38.6 Å². The molecule has 7 nitrogen and oxygen atoms in total. The number of phenols is 5. The van der Waals surface area contributed by atoms with E-state index in [0.29, 0.717) is 31.5 Å². The molecular formula is C16H22N2O5. The molecule has 0 aromatic heterocycles. The number of hydrogen-bond donors (Lipinski definition) is 7. The van der Waals surface area contributed by atoms with E-state index in [4.69, 9.17) is 37.0 Å². The standard InChI is InChI=1S/C8H11NO3.C8H11NO2/c9-2-1-5-3-6(10)8(12)7(11)4-5;9-4-3-6-1-2-7(10)8(11)5-6/h3-4,10-12H,1-2,9H2;1-2,5,10-11H,3-4,9H2. The van der Waals surface area contributed by atoms with Gasteiger partial charge in [0.05, 0.1) is 0 Å². The van der Waals surface area contributed by atoms with Gasteiger partial charge in [-0.25, -0.2) is 0 Å². The Labute approximate surface area is 134 Å². The van der Waals surface area contributed by atoms with E-state index < -0.39 is 5.75 Å². The Morgan fingerprint density at radius 3 is 1.57 bits per heavy atom. The van der Waals surface area contributed by atoms with Gasteiger partial charge in [-0.1, -0.05) is 6.07 Å². The average molecular weight is 322 g/mol. The highest BCUT2D eigenvalue weighted by atomic mass is 16.3. The van der Waals surface area contributed by atoms with Gasteiger partial charge in [0, 0.05) is 0 Å². The molecular weight excluding hydrogens is 300 g/mol. The Hall–Kier alpha value is -2.64. The summed E-state index contributed by atoms with van der Waals surface area (Å²) < 4.78 is 0. The molecule has 7 heteroatoms. The second-order valence-corrected chi connectivity index (χ2v) is 4.88. The smallest absolute Gasteiger partial charge is 0.200 e. The molecule has 2 aromatic rings. The van der Waals surface area contributed by atoms with Crippen molar-refractivity contribution in [2.45, 2.75) is 12.8 Å². The minimum absolute atomic E-state index is 0.0871. The van der Waals surface area contributed by atoms with Crippen molar-refractivity contribution in [3.05, 3.63) is 41.5 Å². The van der Waals surface area contributed by atoms with Gasteiger partial charge < -0.3 is 37.0 Å². The van der Waals surface area contributed by atoms with Gasteiger partial charge in [0.15, 0.2) is 28.7 Å².